The van der Waals surface area contributed by atoms with Gasteiger partial charge in [-0.25, -0.2) is 9.78 Å². The summed E-state index contributed by atoms with van der Waals surface area (Å²) in [5, 5.41) is 1.10. The van der Waals surface area contributed by atoms with Crippen LogP contribution in [-0.2, 0) is 11.2 Å². The van der Waals surface area contributed by atoms with Crippen LogP contribution in [0.4, 0.5) is 0 Å². The second-order valence-corrected chi connectivity index (χ2v) is 9.03. The number of allylic oxidation sites excluding steroid dienone is 1. The van der Waals surface area contributed by atoms with Gasteiger partial charge in [-0.05, 0) is 68.3 Å². The first-order chi connectivity index (χ1) is 16.4. The fraction of sp³-hybridized carbons (Fsp3) is 0.346. The molecule has 0 spiro atoms. The Balaban J connectivity index is 1.66. The van der Waals surface area contributed by atoms with Crippen LogP contribution in [0.2, 0.25) is 10.0 Å². The molecule has 1 aliphatic carbocycles. The monoisotopic (exact) mass is 499 g/mol. The number of fused-ring (bicyclic) bond motifs is 2. The summed E-state index contributed by atoms with van der Waals surface area (Å²) >= 11 is 12.7. The molecule has 3 aromatic rings. The maximum atomic E-state index is 13.3. The van der Waals surface area contributed by atoms with Gasteiger partial charge in [0.2, 0.25) is 0 Å². The summed E-state index contributed by atoms with van der Waals surface area (Å²) in [4.78, 5) is 32.8. The van der Waals surface area contributed by atoms with Crippen molar-refractivity contribution in [3.05, 3.63) is 79.3 Å². The summed E-state index contributed by atoms with van der Waals surface area (Å²) < 4.78 is 6.85. The van der Waals surface area contributed by atoms with E-state index in [2.05, 4.69) is 18.7 Å². The molecule has 0 amide bonds. The molecule has 0 unspecified atom stereocenters. The summed E-state index contributed by atoms with van der Waals surface area (Å²) in [5.74, 6) is -0.451. The molecule has 0 atom stereocenters. The van der Waals surface area contributed by atoms with Crippen LogP contribution in [0.1, 0.15) is 53.9 Å². The van der Waals surface area contributed by atoms with Crippen LogP contribution >= 0.6 is 23.2 Å². The van der Waals surface area contributed by atoms with Crippen molar-refractivity contribution in [2.24, 2.45) is 0 Å². The molecule has 8 heteroatoms. The second-order valence-electron chi connectivity index (χ2n) is 8.21. The lowest BCUT2D eigenvalue weighted by Crippen LogP contribution is -2.28. The first kappa shape index (κ1) is 24.5. The van der Waals surface area contributed by atoms with Gasteiger partial charge in [-0.3, -0.25) is 9.20 Å². The van der Waals surface area contributed by atoms with Gasteiger partial charge in [-0.15, -0.1) is 0 Å². The maximum absolute atomic E-state index is 13.3. The highest BCUT2D eigenvalue weighted by molar-refractivity contribution is 6.37. The van der Waals surface area contributed by atoms with E-state index in [0.717, 1.165) is 37.1 Å². The standard InChI is InChI=1S/C26H27Cl2N3O3/c1-3-30(4-2)13-14-34-26(33)18-11-12-23-29-24-17(15-20-21(27)9-6-10-22(20)28)7-5-8-19(24)25(32)31(23)16-18/h6,9-12,15-16H,3-5,7-8,13-14H2,1-2H3. The van der Waals surface area contributed by atoms with Gasteiger partial charge >= 0.3 is 5.97 Å². The molecule has 0 fully saturated rings. The third-order valence-corrected chi connectivity index (χ3v) is 6.84. The number of hydrogen-bond donors (Lipinski definition) is 0. The maximum Gasteiger partial charge on any atom is 0.339 e. The minimum atomic E-state index is -0.451. The smallest absolute Gasteiger partial charge is 0.339 e. The van der Waals surface area contributed by atoms with E-state index >= 15 is 0 Å². The van der Waals surface area contributed by atoms with Crippen molar-refractivity contribution in [3.8, 4) is 0 Å². The number of halogens is 2. The number of esters is 1. The summed E-state index contributed by atoms with van der Waals surface area (Å²) in [6, 6.07) is 8.69. The number of pyridine rings is 1. The Labute approximate surface area is 208 Å². The molecule has 0 aliphatic heterocycles. The van der Waals surface area contributed by atoms with Gasteiger partial charge in [0.25, 0.3) is 5.56 Å². The van der Waals surface area contributed by atoms with Crippen LogP contribution in [0.3, 0.4) is 0 Å². The zero-order chi connectivity index (χ0) is 24.2. The molecule has 2 heterocycles. The predicted octanol–water partition coefficient (Wildman–Crippen LogP) is 5.38. The molecule has 178 valence electrons. The Kier molecular flexibility index (Phi) is 7.71. The number of benzene rings is 1. The molecular weight excluding hydrogens is 473 g/mol. The molecule has 0 radical (unpaired) electrons. The number of ether oxygens (including phenoxy) is 1. The van der Waals surface area contributed by atoms with Crippen LogP contribution in [-0.4, -0.2) is 46.5 Å². The van der Waals surface area contributed by atoms with Gasteiger partial charge in [0.1, 0.15) is 12.3 Å². The lowest BCUT2D eigenvalue weighted by atomic mass is 9.90. The van der Waals surface area contributed by atoms with Crippen LogP contribution in [0.15, 0.2) is 41.3 Å². The van der Waals surface area contributed by atoms with E-state index in [4.69, 9.17) is 32.9 Å². The molecule has 0 saturated heterocycles. The SMILES string of the molecule is CCN(CC)CCOC(=O)c1ccc2nc3c(c(=O)n2c1)CCCC3=Cc1c(Cl)cccc1Cl. The predicted molar refractivity (Wildman–Crippen MR) is 137 cm³/mol. The molecule has 4 rings (SSSR count). The van der Waals surface area contributed by atoms with Gasteiger partial charge in [0.05, 0.1) is 11.3 Å². The minimum Gasteiger partial charge on any atom is -0.461 e. The van der Waals surface area contributed by atoms with E-state index in [0.29, 0.717) is 52.1 Å². The quantitative estimate of drug-likeness (QED) is 0.408. The Morgan fingerprint density at radius 1 is 1.15 bits per heavy atom. The highest BCUT2D eigenvalue weighted by atomic mass is 35.5. The third-order valence-electron chi connectivity index (χ3n) is 6.18. The third kappa shape index (κ3) is 5.04. The zero-order valence-electron chi connectivity index (χ0n) is 19.3. The van der Waals surface area contributed by atoms with E-state index in [-0.39, 0.29) is 5.56 Å². The number of rotatable bonds is 7. The lowest BCUT2D eigenvalue weighted by molar-refractivity contribution is 0.0466. The van der Waals surface area contributed by atoms with Crippen LogP contribution in [0.5, 0.6) is 0 Å². The fourth-order valence-corrected chi connectivity index (χ4v) is 4.72. The average molecular weight is 500 g/mol. The van der Waals surface area contributed by atoms with Crippen molar-refractivity contribution >= 4 is 46.5 Å². The van der Waals surface area contributed by atoms with Gasteiger partial charge in [0.15, 0.2) is 0 Å². The zero-order valence-corrected chi connectivity index (χ0v) is 20.8. The molecule has 2 aromatic heterocycles. The summed E-state index contributed by atoms with van der Waals surface area (Å²) in [6.45, 7) is 6.90. The molecule has 0 saturated carbocycles. The molecule has 6 nitrogen and oxygen atoms in total. The van der Waals surface area contributed by atoms with E-state index in [1.807, 2.05) is 6.08 Å². The van der Waals surface area contributed by atoms with Crippen LogP contribution in [0, 0.1) is 0 Å². The van der Waals surface area contributed by atoms with E-state index < -0.39 is 5.97 Å². The number of likely N-dealkylation sites (N-methyl/N-ethyl adjacent to an activating group) is 1. The second kappa shape index (κ2) is 10.7. The van der Waals surface area contributed by atoms with E-state index in [9.17, 15) is 9.59 Å². The molecule has 34 heavy (non-hydrogen) atoms. The summed E-state index contributed by atoms with van der Waals surface area (Å²) in [7, 11) is 0. The van der Waals surface area contributed by atoms with Gasteiger partial charge in [-0.2, -0.15) is 0 Å². The van der Waals surface area contributed by atoms with Crippen molar-refractivity contribution in [1.29, 1.82) is 0 Å². The Bertz CT molecular complexity index is 1290. The Morgan fingerprint density at radius 2 is 1.88 bits per heavy atom. The largest absolute Gasteiger partial charge is 0.461 e. The Hall–Kier alpha value is -2.67. The first-order valence-electron chi connectivity index (χ1n) is 11.5. The number of carbonyl (C=O) groups is 1. The molecule has 0 bridgehead atoms. The molecule has 1 aliphatic rings. The molecule has 1 aromatic carbocycles. The number of aromatic nitrogens is 2. The van der Waals surface area contributed by atoms with E-state index in [1.54, 1.807) is 30.3 Å². The van der Waals surface area contributed by atoms with Crippen molar-refractivity contribution in [3.63, 3.8) is 0 Å². The minimum absolute atomic E-state index is 0.173. The van der Waals surface area contributed by atoms with Crippen molar-refractivity contribution in [2.45, 2.75) is 33.1 Å². The van der Waals surface area contributed by atoms with Gasteiger partial charge in [0, 0.05) is 33.9 Å². The van der Waals surface area contributed by atoms with Crippen molar-refractivity contribution in [2.75, 3.05) is 26.2 Å². The molecular formula is C26H27Cl2N3O3. The summed E-state index contributed by atoms with van der Waals surface area (Å²) in [5.41, 5.74) is 3.57. The summed E-state index contributed by atoms with van der Waals surface area (Å²) in [6.07, 6.45) is 5.65. The topological polar surface area (TPSA) is 63.9 Å². The highest BCUT2D eigenvalue weighted by Crippen LogP contribution is 2.34. The van der Waals surface area contributed by atoms with Gasteiger partial charge in [-0.1, -0.05) is 43.1 Å². The van der Waals surface area contributed by atoms with Gasteiger partial charge < -0.3 is 9.64 Å². The molecule has 0 N–H and O–H groups in total. The van der Waals surface area contributed by atoms with Crippen molar-refractivity contribution < 1.29 is 9.53 Å². The van der Waals surface area contributed by atoms with Crippen LogP contribution < -0.4 is 5.56 Å². The first-order valence-corrected chi connectivity index (χ1v) is 12.3. The normalized spacial score (nSPS) is 14.6. The van der Waals surface area contributed by atoms with Crippen LogP contribution in [0.25, 0.3) is 17.3 Å². The highest BCUT2D eigenvalue weighted by Gasteiger charge is 2.22. The number of nitrogens with zero attached hydrogens (tertiary/aromatic N) is 3. The van der Waals surface area contributed by atoms with E-state index in [1.165, 1.54) is 10.6 Å². The fourth-order valence-electron chi connectivity index (χ4n) is 4.22. The number of hydrogen-bond acceptors (Lipinski definition) is 5. The lowest BCUT2D eigenvalue weighted by Gasteiger charge is -2.19. The van der Waals surface area contributed by atoms with Crippen molar-refractivity contribution in [1.82, 2.24) is 14.3 Å². The Morgan fingerprint density at radius 3 is 2.59 bits per heavy atom. The number of carbonyl (C=O) groups excluding carboxylic acids is 1. The average Bonchev–Trinajstić information content (AvgIpc) is 2.84.